The minimum atomic E-state index is 0.0959. The van der Waals surface area contributed by atoms with Gasteiger partial charge >= 0.3 is 0 Å². The van der Waals surface area contributed by atoms with E-state index in [1.165, 1.54) is 0 Å². The highest BCUT2D eigenvalue weighted by Crippen LogP contribution is 2.40. The Balaban J connectivity index is 1.59. The van der Waals surface area contributed by atoms with E-state index in [0.29, 0.717) is 13.0 Å². The molecule has 0 aliphatic carbocycles. The Morgan fingerprint density at radius 2 is 1.88 bits per heavy atom. The average molecular weight is 332 g/mol. The van der Waals surface area contributed by atoms with Crippen LogP contribution >= 0.6 is 0 Å². The van der Waals surface area contributed by atoms with Crippen LogP contribution in [0.3, 0.4) is 0 Å². The Morgan fingerprint density at radius 3 is 2.38 bits per heavy atom. The zero-order valence-electron chi connectivity index (χ0n) is 15.3. The standard InChI is InChI=1S/C18H28N4O2/c1-5-20-12-18(10-16(20)23)6-8-21(9-7-18)17(24)11-22-15(4)13(2)14(3)19-22/h5-12H2,1-4H3. The molecule has 0 atom stereocenters. The summed E-state index contributed by atoms with van der Waals surface area (Å²) in [7, 11) is 0. The monoisotopic (exact) mass is 332 g/mol. The number of likely N-dealkylation sites (tertiary alicyclic amines) is 2. The third-order valence-corrected chi connectivity index (χ3v) is 5.99. The molecule has 6 nitrogen and oxygen atoms in total. The van der Waals surface area contributed by atoms with Gasteiger partial charge in [0.2, 0.25) is 11.8 Å². The van der Waals surface area contributed by atoms with Gasteiger partial charge < -0.3 is 9.80 Å². The third-order valence-electron chi connectivity index (χ3n) is 5.99. The van der Waals surface area contributed by atoms with Crippen molar-refractivity contribution in [1.82, 2.24) is 19.6 Å². The van der Waals surface area contributed by atoms with Gasteiger partial charge in [-0.05, 0) is 46.1 Å². The average Bonchev–Trinajstić information content (AvgIpc) is 2.99. The molecular weight excluding hydrogens is 304 g/mol. The number of hydrogen-bond donors (Lipinski definition) is 0. The maximum Gasteiger partial charge on any atom is 0.244 e. The summed E-state index contributed by atoms with van der Waals surface area (Å²) in [6.45, 7) is 11.5. The first kappa shape index (κ1) is 17.0. The van der Waals surface area contributed by atoms with Gasteiger partial charge in [-0.25, -0.2) is 0 Å². The molecule has 0 radical (unpaired) electrons. The van der Waals surface area contributed by atoms with E-state index in [1.54, 1.807) is 0 Å². The van der Waals surface area contributed by atoms with Crippen LogP contribution in [0.2, 0.25) is 0 Å². The van der Waals surface area contributed by atoms with Gasteiger partial charge in [0, 0.05) is 43.7 Å². The van der Waals surface area contributed by atoms with E-state index >= 15 is 0 Å². The van der Waals surface area contributed by atoms with Gasteiger partial charge in [0.25, 0.3) is 0 Å². The van der Waals surface area contributed by atoms with E-state index < -0.39 is 0 Å². The molecule has 0 aromatic carbocycles. The number of hydrogen-bond acceptors (Lipinski definition) is 3. The second kappa shape index (κ2) is 6.22. The summed E-state index contributed by atoms with van der Waals surface area (Å²) in [5.74, 6) is 0.405. The highest BCUT2D eigenvalue weighted by Gasteiger charge is 2.44. The molecule has 132 valence electrons. The van der Waals surface area contributed by atoms with Crippen molar-refractivity contribution >= 4 is 11.8 Å². The molecule has 24 heavy (non-hydrogen) atoms. The van der Waals surface area contributed by atoms with E-state index in [-0.39, 0.29) is 17.2 Å². The predicted molar refractivity (Wildman–Crippen MR) is 91.6 cm³/mol. The maximum absolute atomic E-state index is 12.6. The fourth-order valence-corrected chi connectivity index (χ4v) is 4.00. The zero-order chi connectivity index (χ0) is 17.5. The van der Waals surface area contributed by atoms with Crippen LogP contribution in [0.15, 0.2) is 0 Å². The van der Waals surface area contributed by atoms with Gasteiger partial charge in [0.1, 0.15) is 6.54 Å². The van der Waals surface area contributed by atoms with Crippen molar-refractivity contribution in [3.8, 4) is 0 Å². The molecule has 0 saturated carbocycles. The normalized spacial score (nSPS) is 20.2. The fraction of sp³-hybridized carbons (Fsp3) is 0.722. The van der Waals surface area contributed by atoms with Gasteiger partial charge in [-0.15, -0.1) is 0 Å². The number of carbonyl (C=O) groups excluding carboxylic acids is 2. The Bertz CT molecular complexity index is 656. The molecule has 2 fully saturated rings. The molecule has 6 heteroatoms. The van der Waals surface area contributed by atoms with Crippen LogP contribution in [0.1, 0.15) is 43.1 Å². The molecular formula is C18H28N4O2. The van der Waals surface area contributed by atoms with E-state index in [0.717, 1.165) is 56.0 Å². The lowest BCUT2D eigenvalue weighted by Gasteiger charge is -2.38. The van der Waals surface area contributed by atoms with Crippen LogP contribution in [0.25, 0.3) is 0 Å². The Labute approximate surface area is 143 Å². The number of nitrogens with zero attached hydrogens (tertiary/aromatic N) is 4. The van der Waals surface area contributed by atoms with Crippen LogP contribution in [0, 0.1) is 26.2 Å². The Morgan fingerprint density at radius 1 is 1.21 bits per heavy atom. The van der Waals surface area contributed by atoms with Crippen molar-refractivity contribution in [2.45, 2.75) is 53.5 Å². The van der Waals surface area contributed by atoms with Crippen molar-refractivity contribution < 1.29 is 9.59 Å². The van der Waals surface area contributed by atoms with Crippen molar-refractivity contribution in [3.05, 3.63) is 17.0 Å². The number of carbonyl (C=O) groups is 2. The molecule has 0 N–H and O–H groups in total. The molecule has 1 aromatic rings. The number of piperidine rings is 1. The first-order chi connectivity index (χ1) is 11.3. The molecule has 1 aromatic heterocycles. The molecule has 2 aliphatic heterocycles. The molecule has 1 spiro atoms. The highest BCUT2D eigenvalue weighted by molar-refractivity contribution is 5.80. The predicted octanol–water partition coefficient (Wildman–Crippen LogP) is 1.67. The maximum atomic E-state index is 12.6. The number of rotatable bonds is 3. The second-order valence-corrected chi connectivity index (χ2v) is 7.42. The zero-order valence-corrected chi connectivity index (χ0v) is 15.3. The van der Waals surface area contributed by atoms with E-state index in [4.69, 9.17) is 0 Å². The van der Waals surface area contributed by atoms with E-state index in [1.807, 2.05) is 42.2 Å². The van der Waals surface area contributed by atoms with Crippen LogP contribution < -0.4 is 0 Å². The Hall–Kier alpha value is -1.85. The second-order valence-electron chi connectivity index (χ2n) is 7.42. The molecule has 0 bridgehead atoms. The summed E-state index contributed by atoms with van der Waals surface area (Å²) < 4.78 is 1.81. The summed E-state index contributed by atoms with van der Waals surface area (Å²) in [5.41, 5.74) is 3.31. The summed E-state index contributed by atoms with van der Waals surface area (Å²) in [4.78, 5) is 28.6. The largest absolute Gasteiger partial charge is 0.342 e. The minimum absolute atomic E-state index is 0.0959. The third kappa shape index (κ3) is 2.94. The lowest BCUT2D eigenvalue weighted by Crippen LogP contribution is -2.45. The molecule has 3 heterocycles. The van der Waals surface area contributed by atoms with Crippen molar-refractivity contribution in [2.75, 3.05) is 26.2 Å². The molecule has 2 amide bonds. The van der Waals surface area contributed by atoms with Crippen LogP contribution in [0.5, 0.6) is 0 Å². The van der Waals surface area contributed by atoms with Gasteiger partial charge in [-0.3, -0.25) is 14.3 Å². The topological polar surface area (TPSA) is 58.4 Å². The summed E-state index contributed by atoms with van der Waals surface area (Å²) in [6.07, 6.45) is 2.51. The SMILES string of the molecule is CCN1CC2(CCN(C(=O)Cn3nc(C)c(C)c3C)CC2)CC1=O. The quantitative estimate of drug-likeness (QED) is 0.846. The first-order valence-corrected chi connectivity index (χ1v) is 8.91. The van der Waals surface area contributed by atoms with Crippen molar-refractivity contribution in [2.24, 2.45) is 5.41 Å². The fourth-order valence-electron chi connectivity index (χ4n) is 4.00. The number of aromatic nitrogens is 2. The smallest absolute Gasteiger partial charge is 0.244 e. The summed E-state index contributed by atoms with van der Waals surface area (Å²) in [6, 6.07) is 0. The van der Waals surface area contributed by atoms with Crippen LogP contribution in [-0.4, -0.2) is 57.6 Å². The molecule has 3 rings (SSSR count). The van der Waals surface area contributed by atoms with Gasteiger partial charge in [-0.2, -0.15) is 5.10 Å². The van der Waals surface area contributed by atoms with Gasteiger partial charge in [0.15, 0.2) is 0 Å². The highest BCUT2D eigenvalue weighted by atomic mass is 16.2. The van der Waals surface area contributed by atoms with Crippen LogP contribution in [-0.2, 0) is 16.1 Å². The lowest BCUT2D eigenvalue weighted by atomic mass is 9.77. The molecule has 0 unspecified atom stereocenters. The minimum Gasteiger partial charge on any atom is -0.342 e. The van der Waals surface area contributed by atoms with Gasteiger partial charge in [-0.1, -0.05) is 0 Å². The number of aryl methyl sites for hydroxylation is 1. The van der Waals surface area contributed by atoms with Gasteiger partial charge in [0.05, 0.1) is 5.69 Å². The molecule has 2 saturated heterocycles. The van der Waals surface area contributed by atoms with E-state index in [2.05, 4.69) is 5.10 Å². The summed E-state index contributed by atoms with van der Waals surface area (Å²) in [5, 5.41) is 4.46. The van der Waals surface area contributed by atoms with Crippen molar-refractivity contribution in [1.29, 1.82) is 0 Å². The lowest BCUT2D eigenvalue weighted by molar-refractivity contribution is -0.134. The first-order valence-electron chi connectivity index (χ1n) is 8.91. The summed E-state index contributed by atoms with van der Waals surface area (Å²) >= 11 is 0. The van der Waals surface area contributed by atoms with E-state index in [9.17, 15) is 9.59 Å². The van der Waals surface area contributed by atoms with Crippen LogP contribution in [0.4, 0.5) is 0 Å². The number of amides is 2. The van der Waals surface area contributed by atoms with Crippen molar-refractivity contribution in [3.63, 3.8) is 0 Å². The Kier molecular flexibility index (Phi) is 4.40. The molecule has 2 aliphatic rings.